The van der Waals surface area contributed by atoms with Gasteiger partial charge in [0.2, 0.25) is 0 Å². The molecule has 3 fully saturated rings. The van der Waals surface area contributed by atoms with E-state index in [1.54, 1.807) is 0 Å². The van der Waals surface area contributed by atoms with Gasteiger partial charge in [0.1, 0.15) is 61.0 Å². The molecule has 0 radical (unpaired) electrons. The van der Waals surface area contributed by atoms with Gasteiger partial charge in [0.05, 0.1) is 13.2 Å². The Balaban J connectivity index is 1.95. The fourth-order valence-corrected chi connectivity index (χ4v) is 6.26. The molecule has 0 aromatic heterocycles. The van der Waals surface area contributed by atoms with Crippen LogP contribution >= 0.6 is 0 Å². The van der Waals surface area contributed by atoms with Crippen molar-refractivity contribution in [1.82, 2.24) is 4.72 Å². The molecule has 15 atom stereocenters. The summed E-state index contributed by atoms with van der Waals surface area (Å²) in [6.45, 7) is -2.17. The number of hydrogen-bond donors (Lipinski definition) is 11. The highest BCUT2D eigenvalue weighted by atomic mass is 32.3. The molecule has 3 aliphatic rings. The second-order valence-corrected chi connectivity index (χ2v) is 13.6. The van der Waals surface area contributed by atoms with Gasteiger partial charge in [0.25, 0.3) is 0 Å². The maximum Gasteiger partial charge on any atom is 0.397 e. The number of aliphatic hydroxyl groups is 6. The van der Waals surface area contributed by atoms with Crippen molar-refractivity contribution < 1.29 is 116 Å². The Morgan fingerprint density at radius 1 is 0.708 bits per heavy atom. The first-order chi connectivity index (χ1) is 21.9. The summed E-state index contributed by atoms with van der Waals surface area (Å²) in [6, 6.07) is -2.19. The molecule has 3 rings (SSSR count). The van der Waals surface area contributed by atoms with E-state index < -0.39 is 142 Å². The van der Waals surface area contributed by atoms with Crippen LogP contribution in [0.4, 0.5) is 0 Å². The van der Waals surface area contributed by atoms with Crippen LogP contribution in [0.1, 0.15) is 0 Å². The molecule has 48 heavy (non-hydrogen) atoms. The molecule has 0 spiro atoms. The molecule has 0 amide bonds. The zero-order chi connectivity index (χ0) is 36.5. The van der Waals surface area contributed by atoms with E-state index in [-0.39, 0.29) is 0 Å². The molecule has 3 saturated heterocycles. The van der Waals surface area contributed by atoms with E-state index in [0.717, 1.165) is 7.11 Å². The van der Waals surface area contributed by atoms with Gasteiger partial charge >= 0.3 is 37.1 Å². The number of carboxylic acids is 1. The summed E-state index contributed by atoms with van der Waals surface area (Å²) in [5.41, 5.74) is 0. The molecule has 29 heteroatoms. The van der Waals surface area contributed by atoms with Gasteiger partial charge in [0, 0.05) is 7.11 Å². The highest BCUT2D eigenvalue weighted by molar-refractivity contribution is 7.83. The molecular weight excluding hydrogens is 738 g/mol. The monoisotopic (exact) mass is 771 g/mol. The van der Waals surface area contributed by atoms with E-state index in [0.29, 0.717) is 0 Å². The Kier molecular flexibility index (Phi) is 13.6. The molecular formula is C19H33NO25S3. The van der Waals surface area contributed by atoms with Crippen LogP contribution in [0.5, 0.6) is 0 Å². The molecule has 0 aromatic carbocycles. The summed E-state index contributed by atoms with van der Waals surface area (Å²) in [7, 11) is -15.1. The van der Waals surface area contributed by atoms with Crippen molar-refractivity contribution >= 4 is 37.1 Å². The minimum absolute atomic E-state index is 0.918. The summed E-state index contributed by atoms with van der Waals surface area (Å²) in [5, 5.41) is 71.0. The Labute approximate surface area is 270 Å². The van der Waals surface area contributed by atoms with Crippen molar-refractivity contribution in [1.29, 1.82) is 0 Å². The molecule has 0 bridgehead atoms. The van der Waals surface area contributed by atoms with E-state index >= 15 is 0 Å². The number of nitrogens with one attached hydrogen (secondary N) is 1. The minimum atomic E-state index is -5.57. The highest BCUT2D eigenvalue weighted by Crippen LogP contribution is 2.33. The smallest absolute Gasteiger partial charge is 0.397 e. The molecule has 6 unspecified atom stereocenters. The normalized spacial score (nSPS) is 41.6. The second kappa shape index (κ2) is 15.9. The van der Waals surface area contributed by atoms with Gasteiger partial charge in [-0.05, 0) is 0 Å². The third-order valence-electron chi connectivity index (χ3n) is 7.01. The van der Waals surface area contributed by atoms with Gasteiger partial charge < -0.3 is 64.2 Å². The van der Waals surface area contributed by atoms with Gasteiger partial charge in [-0.25, -0.2) is 13.2 Å². The number of carbonyl (C=O) groups is 1. The zero-order valence-electron chi connectivity index (χ0n) is 23.9. The summed E-state index contributed by atoms with van der Waals surface area (Å²) >= 11 is 0. The van der Waals surface area contributed by atoms with E-state index in [1.165, 1.54) is 4.72 Å². The highest BCUT2D eigenvalue weighted by Gasteiger charge is 2.56. The minimum Gasteiger partial charge on any atom is -0.479 e. The van der Waals surface area contributed by atoms with Crippen LogP contribution < -0.4 is 4.72 Å². The van der Waals surface area contributed by atoms with Crippen LogP contribution in [0.15, 0.2) is 0 Å². The lowest BCUT2D eigenvalue weighted by molar-refractivity contribution is -0.345. The molecule has 0 aliphatic carbocycles. The molecule has 26 nitrogen and oxygen atoms in total. The molecule has 3 aliphatic heterocycles. The average Bonchev–Trinajstić information content (AvgIpc) is 2.94. The van der Waals surface area contributed by atoms with Gasteiger partial charge in [-0.3, -0.25) is 13.7 Å². The predicted octanol–water partition coefficient (Wildman–Crippen LogP) is -7.77. The first-order valence-electron chi connectivity index (χ1n) is 13.0. The largest absolute Gasteiger partial charge is 0.479 e. The van der Waals surface area contributed by atoms with Gasteiger partial charge in [-0.2, -0.15) is 30.0 Å². The topological polar surface area (TPSA) is 408 Å². The summed E-state index contributed by atoms with van der Waals surface area (Å²) in [4.78, 5) is 12.2. The standard InChI is InChI=1S/C19H33NO25S3/c1-38-12-5(3-40-47(32,33)34)42-18(6(8(12)22)20-46(29,30)31)43-13-11(25)14(45-48(35,36)37)19(44-15(13)16(26)27)39-2-4-7(21)9(23)10(24)17(28)41-4/h4-15,17-25,28H,2-3H2,1H3,(H,26,27)(H,29,30,31)(H,32,33,34)(H,35,36,37)/t4?,5?,6?,7-,8+,9-,10?,11-,12+,13-,14?,15?,17-,18+,19-/m1/s1. The summed E-state index contributed by atoms with van der Waals surface area (Å²) < 4.78 is 137. The van der Waals surface area contributed by atoms with E-state index in [9.17, 15) is 74.9 Å². The van der Waals surface area contributed by atoms with Crippen molar-refractivity contribution in [2.75, 3.05) is 20.3 Å². The van der Waals surface area contributed by atoms with E-state index in [2.05, 4.69) is 8.37 Å². The van der Waals surface area contributed by atoms with Crippen LogP contribution in [0, 0.1) is 0 Å². The number of aliphatic hydroxyl groups excluding tert-OH is 6. The molecule has 11 N–H and O–H groups in total. The van der Waals surface area contributed by atoms with E-state index in [1.807, 2.05) is 0 Å². The van der Waals surface area contributed by atoms with Crippen molar-refractivity contribution in [2.24, 2.45) is 0 Å². The molecule has 0 aromatic rings. The van der Waals surface area contributed by atoms with Gasteiger partial charge in [-0.15, -0.1) is 0 Å². The molecule has 0 saturated carbocycles. The summed E-state index contributed by atoms with van der Waals surface area (Å²) in [6.07, 6.45) is -30.2. The maximum absolute atomic E-state index is 12.2. The number of hydrogen-bond acceptors (Lipinski definition) is 21. The lowest BCUT2D eigenvalue weighted by Gasteiger charge is -2.47. The van der Waals surface area contributed by atoms with E-state index in [4.69, 9.17) is 33.0 Å². The molecule has 3 heterocycles. The lowest BCUT2D eigenvalue weighted by atomic mass is 9.95. The SMILES string of the molecule is CO[C@H]1C(COS(=O)(=O)O)O[C@@H](O[C@H]2C(C(=O)O)O[C@@H](OCC3O[C@@H](O)C(O)[C@H](O)[C@@H]3O)C(OS(=O)(=O)O)[C@@H]2O)C(NS(=O)(=O)O)[C@@H]1O. The number of methoxy groups -OCH3 is 1. The second-order valence-electron chi connectivity index (χ2n) is 10.3. The lowest BCUT2D eigenvalue weighted by Crippen LogP contribution is -2.68. The van der Waals surface area contributed by atoms with Crippen LogP contribution in [0.3, 0.4) is 0 Å². The first-order valence-corrected chi connectivity index (χ1v) is 17.2. The Morgan fingerprint density at radius 2 is 1.33 bits per heavy atom. The van der Waals surface area contributed by atoms with Crippen molar-refractivity contribution in [3.8, 4) is 0 Å². The fourth-order valence-electron chi connectivity index (χ4n) is 4.88. The van der Waals surface area contributed by atoms with Crippen molar-refractivity contribution in [2.45, 2.75) is 92.1 Å². The van der Waals surface area contributed by atoms with Crippen LogP contribution in [0.2, 0.25) is 0 Å². The number of ether oxygens (including phenoxy) is 6. The van der Waals surface area contributed by atoms with Gasteiger partial charge in [0.15, 0.2) is 31.1 Å². The molecule has 282 valence electrons. The Bertz CT molecular complexity index is 1430. The number of aliphatic carboxylic acids is 1. The number of carboxylic acid groups (broad SMARTS) is 1. The third kappa shape index (κ3) is 10.6. The Hall–Kier alpha value is -1.40. The van der Waals surface area contributed by atoms with Crippen LogP contribution in [-0.4, -0.2) is 193 Å². The van der Waals surface area contributed by atoms with Crippen LogP contribution in [-0.2, 0) is 72.7 Å². The first kappa shape index (κ1) is 41.0. The van der Waals surface area contributed by atoms with Crippen molar-refractivity contribution in [3.63, 3.8) is 0 Å². The third-order valence-corrected chi connectivity index (χ3v) is 8.48. The van der Waals surface area contributed by atoms with Gasteiger partial charge in [-0.1, -0.05) is 0 Å². The maximum atomic E-state index is 12.2. The zero-order valence-corrected chi connectivity index (χ0v) is 26.3. The predicted molar refractivity (Wildman–Crippen MR) is 140 cm³/mol. The summed E-state index contributed by atoms with van der Waals surface area (Å²) in [5.74, 6) is -2.02. The fraction of sp³-hybridized carbons (Fsp3) is 0.947. The average molecular weight is 772 g/mol. The van der Waals surface area contributed by atoms with Crippen LogP contribution in [0.25, 0.3) is 0 Å². The quantitative estimate of drug-likeness (QED) is 0.0730. The Morgan fingerprint density at radius 3 is 1.85 bits per heavy atom. The van der Waals surface area contributed by atoms with Crippen molar-refractivity contribution in [3.05, 3.63) is 0 Å². The number of rotatable bonds is 14.